The summed E-state index contributed by atoms with van der Waals surface area (Å²) in [5, 5.41) is 8.35. The molecule has 0 amide bonds. The number of allylic oxidation sites excluding steroid dienone is 1. The molecule has 4 rings (SSSR count). The lowest BCUT2D eigenvalue weighted by atomic mass is 10.0. The molecule has 1 N–H and O–H groups in total. The van der Waals surface area contributed by atoms with Gasteiger partial charge >= 0.3 is 0 Å². The van der Waals surface area contributed by atoms with Crippen molar-refractivity contribution in [2.24, 2.45) is 0 Å². The molecule has 6 heteroatoms. The first-order valence-corrected chi connectivity index (χ1v) is 7.91. The first kappa shape index (κ1) is 14.8. The molecule has 2 heterocycles. The number of rotatable bonds is 3. The van der Waals surface area contributed by atoms with Gasteiger partial charge in [-0.2, -0.15) is 10.1 Å². The van der Waals surface area contributed by atoms with Crippen LogP contribution in [0.25, 0.3) is 5.70 Å². The number of aromatic nitrogens is 3. The van der Waals surface area contributed by atoms with Gasteiger partial charge in [-0.25, -0.2) is 4.68 Å². The smallest absolute Gasteiger partial charge is 0.226 e. The number of benzene rings is 2. The molecule has 5 nitrogen and oxygen atoms in total. The van der Waals surface area contributed by atoms with Gasteiger partial charge in [0.1, 0.15) is 18.1 Å². The predicted molar refractivity (Wildman–Crippen MR) is 94.2 cm³/mol. The van der Waals surface area contributed by atoms with E-state index >= 15 is 0 Å². The molecule has 0 spiro atoms. The Balaban J connectivity index is 1.83. The monoisotopic (exact) mass is 338 g/mol. The van der Waals surface area contributed by atoms with Crippen LogP contribution in [0.4, 0.5) is 5.95 Å². The Bertz CT molecular complexity index is 919. The zero-order valence-electron chi connectivity index (χ0n) is 13.0. The molecule has 0 saturated heterocycles. The van der Waals surface area contributed by atoms with Crippen LogP contribution in [0, 0.1) is 0 Å². The van der Waals surface area contributed by atoms with Crippen molar-refractivity contribution in [3.8, 4) is 5.75 Å². The van der Waals surface area contributed by atoms with E-state index in [0.717, 1.165) is 22.6 Å². The third-order valence-corrected chi connectivity index (χ3v) is 4.36. The average molecular weight is 339 g/mol. The van der Waals surface area contributed by atoms with Crippen LogP contribution in [-0.4, -0.2) is 21.9 Å². The third-order valence-electron chi connectivity index (χ3n) is 4.01. The fraction of sp³-hybridized carbons (Fsp3) is 0.111. The summed E-state index contributed by atoms with van der Waals surface area (Å²) in [7, 11) is 1.66. The van der Waals surface area contributed by atoms with Gasteiger partial charge in [0.05, 0.1) is 7.11 Å². The summed E-state index contributed by atoms with van der Waals surface area (Å²) in [4.78, 5) is 4.31. The zero-order valence-corrected chi connectivity index (χ0v) is 13.7. The lowest BCUT2D eigenvalue weighted by Gasteiger charge is -2.25. The van der Waals surface area contributed by atoms with E-state index in [1.165, 1.54) is 6.33 Å². The quantitative estimate of drug-likeness (QED) is 0.784. The Morgan fingerprint density at radius 1 is 1.17 bits per heavy atom. The maximum atomic E-state index is 6.40. The third kappa shape index (κ3) is 2.53. The van der Waals surface area contributed by atoms with Crippen molar-refractivity contribution in [2.75, 3.05) is 12.4 Å². The molecule has 1 aromatic heterocycles. The molecule has 2 aromatic carbocycles. The number of methoxy groups -OCH3 is 1. The summed E-state index contributed by atoms with van der Waals surface area (Å²) in [6, 6.07) is 15.5. The topological polar surface area (TPSA) is 52.0 Å². The second kappa shape index (κ2) is 6.02. The molecule has 0 saturated carbocycles. The molecule has 1 unspecified atom stereocenters. The van der Waals surface area contributed by atoms with Crippen LogP contribution >= 0.6 is 11.6 Å². The van der Waals surface area contributed by atoms with E-state index in [4.69, 9.17) is 16.3 Å². The number of hydrogen-bond donors (Lipinski definition) is 1. The summed E-state index contributed by atoms with van der Waals surface area (Å²) < 4.78 is 7.15. The van der Waals surface area contributed by atoms with Gasteiger partial charge < -0.3 is 10.1 Å². The number of anilines is 1. The van der Waals surface area contributed by atoms with Gasteiger partial charge in [0.15, 0.2) is 0 Å². The highest BCUT2D eigenvalue weighted by Crippen LogP contribution is 2.35. The number of hydrogen-bond acceptors (Lipinski definition) is 4. The number of fused-ring (bicyclic) bond motifs is 1. The van der Waals surface area contributed by atoms with Crippen LogP contribution in [0.1, 0.15) is 17.2 Å². The molecule has 0 aliphatic carbocycles. The first-order chi connectivity index (χ1) is 11.8. The van der Waals surface area contributed by atoms with Gasteiger partial charge in [-0.1, -0.05) is 41.9 Å². The Morgan fingerprint density at radius 3 is 2.88 bits per heavy atom. The molecular weight excluding hydrogens is 324 g/mol. The average Bonchev–Trinajstić information content (AvgIpc) is 3.10. The SMILES string of the molecule is COc1cccc(C2=CC(c3ccccc3Cl)n3ncnc3N2)c1. The molecule has 3 aromatic rings. The fourth-order valence-corrected chi connectivity index (χ4v) is 3.08. The minimum Gasteiger partial charge on any atom is -0.497 e. The second-order valence-electron chi connectivity index (χ2n) is 5.43. The van der Waals surface area contributed by atoms with E-state index in [0.29, 0.717) is 11.0 Å². The minimum absolute atomic E-state index is 0.126. The van der Waals surface area contributed by atoms with Crippen molar-refractivity contribution >= 4 is 23.2 Å². The number of nitrogens with zero attached hydrogens (tertiary/aromatic N) is 3. The van der Waals surface area contributed by atoms with Gasteiger partial charge in [-0.3, -0.25) is 0 Å². The van der Waals surface area contributed by atoms with Crippen LogP contribution in [0.3, 0.4) is 0 Å². The largest absolute Gasteiger partial charge is 0.497 e. The molecule has 1 atom stereocenters. The van der Waals surface area contributed by atoms with Crippen LogP contribution in [0.15, 0.2) is 60.9 Å². The molecule has 24 heavy (non-hydrogen) atoms. The maximum Gasteiger partial charge on any atom is 0.226 e. The van der Waals surface area contributed by atoms with Crippen LogP contribution in [0.5, 0.6) is 5.75 Å². The van der Waals surface area contributed by atoms with Crippen molar-refractivity contribution in [1.82, 2.24) is 14.8 Å². The van der Waals surface area contributed by atoms with Crippen LogP contribution in [0.2, 0.25) is 5.02 Å². The predicted octanol–water partition coefficient (Wildman–Crippen LogP) is 4.00. The van der Waals surface area contributed by atoms with Crippen LogP contribution < -0.4 is 10.1 Å². The van der Waals surface area contributed by atoms with E-state index in [1.54, 1.807) is 7.11 Å². The molecular formula is C18H15ClN4O. The highest BCUT2D eigenvalue weighted by molar-refractivity contribution is 6.31. The number of halogens is 1. The van der Waals surface area contributed by atoms with E-state index < -0.39 is 0 Å². The maximum absolute atomic E-state index is 6.40. The number of ether oxygens (including phenoxy) is 1. The van der Waals surface area contributed by atoms with Crippen molar-refractivity contribution < 1.29 is 4.74 Å². The lowest BCUT2D eigenvalue weighted by molar-refractivity contribution is 0.414. The first-order valence-electron chi connectivity index (χ1n) is 7.53. The Labute approximate surface area is 144 Å². The fourth-order valence-electron chi connectivity index (χ4n) is 2.83. The van der Waals surface area contributed by atoms with Gasteiger partial charge in [-0.15, -0.1) is 0 Å². The summed E-state index contributed by atoms with van der Waals surface area (Å²) in [5.41, 5.74) is 2.94. The Hall–Kier alpha value is -2.79. The van der Waals surface area contributed by atoms with Gasteiger partial charge in [0.2, 0.25) is 5.95 Å². The molecule has 1 aliphatic heterocycles. The van der Waals surface area contributed by atoms with Crippen molar-refractivity contribution in [1.29, 1.82) is 0 Å². The van der Waals surface area contributed by atoms with Crippen LogP contribution in [-0.2, 0) is 0 Å². The Kier molecular flexibility index (Phi) is 3.70. The van der Waals surface area contributed by atoms with E-state index in [2.05, 4.69) is 21.5 Å². The number of nitrogens with one attached hydrogen (secondary N) is 1. The van der Waals surface area contributed by atoms with E-state index in [1.807, 2.05) is 53.2 Å². The molecule has 1 aliphatic rings. The minimum atomic E-state index is -0.126. The van der Waals surface area contributed by atoms with Gasteiger partial charge in [0, 0.05) is 16.3 Å². The highest BCUT2D eigenvalue weighted by Gasteiger charge is 2.24. The standard InChI is InChI=1S/C18H15ClN4O/c1-24-13-6-4-5-12(9-13)16-10-17(14-7-2-3-8-15(14)19)23-18(22-16)20-11-21-23/h2-11,17H,1H3,(H,20,21,22). The summed E-state index contributed by atoms with van der Waals surface area (Å²) in [6.45, 7) is 0. The van der Waals surface area contributed by atoms with E-state index in [-0.39, 0.29) is 6.04 Å². The van der Waals surface area contributed by atoms with Gasteiger partial charge in [0.25, 0.3) is 0 Å². The van der Waals surface area contributed by atoms with Crippen molar-refractivity contribution in [3.63, 3.8) is 0 Å². The highest BCUT2D eigenvalue weighted by atomic mass is 35.5. The zero-order chi connectivity index (χ0) is 16.5. The molecule has 120 valence electrons. The van der Waals surface area contributed by atoms with Crippen molar-refractivity contribution in [3.05, 3.63) is 77.1 Å². The summed E-state index contributed by atoms with van der Waals surface area (Å²) >= 11 is 6.40. The molecule has 0 bridgehead atoms. The van der Waals surface area contributed by atoms with Gasteiger partial charge in [-0.05, 0) is 29.8 Å². The summed E-state index contributed by atoms with van der Waals surface area (Å²) in [6.07, 6.45) is 3.63. The van der Waals surface area contributed by atoms with E-state index in [9.17, 15) is 0 Å². The Morgan fingerprint density at radius 2 is 2.04 bits per heavy atom. The lowest BCUT2D eigenvalue weighted by Crippen LogP contribution is -2.20. The second-order valence-corrected chi connectivity index (χ2v) is 5.84. The molecule has 0 radical (unpaired) electrons. The summed E-state index contributed by atoms with van der Waals surface area (Å²) in [5.74, 6) is 1.48. The molecule has 0 fully saturated rings. The van der Waals surface area contributed by atoms with Crippen molar-refractivity contribution in [2.45, 2.75) is 6.04 Å². The normalized spacial score (nSPS) is 16.1.